The number of carbonyl (C=O) groups excluding carboxylic acids is 1. The second-order valence-electron chi connectivity index (χ2n) is 2.17. The number of alkyl carbamates (subject to hydrolysis) is 1. The first-order valence-electron chi connectivity index (χ1n) is 3.77. The molecule has 0 saturated carbocycles. The highest BCUT2D eigenvalue weighted by Gasteiger charge is 1.97. The lowest BCUT2D eigenvalue weighted by Gasteiger charge is -2.02. The van der Waals surface area contributed by atoms with Crippen LogP contribution in [0.15, 0.2) is 0 Å². The number of rotatable bonds is 5. The molecule has 0 aliphatic carbocycles. The van der Waals surface area contributed by atoms with E-state index in [1.165, 1.54) is 0 Å². The van der Waals surface area contributed by atoms with E-state index in [1.54, 1.807) is 0 Å². The average Bonchev–Trinajstić information content (AvgIpc) is 1.99. The van der Waals surface area contributed by atoms with E-state index in [0.29, 0.717) is 6.54 Å². The van der Waals surface area contributed by atoms with Gasteiger partial charge in [0.15, 0.2) is 6.07 Å². The lowest BCUT2D eigenvalue weighted by Crippen LogP contribution is -2.24. The molecular weight excluding hydrogens is 166 g/mol. The van der Waals surface area contributed by atoms with Gasteiger partial charge in [0.2, 0.25) is 0 Å². The van der Waals surface area contributed by atoms with Gasteiger partial charge in [-0.15, -0.1) is 0 Å². The van der Waals surface area contributed by atoms with Crippen LogP contribution in [0.3, 0.4) is 0 Å². The van der Waals surface area contributed by atoms with E-state index in [-0.39, 0.29) is 6.07 Å². The maximum atomic E-state index is 10.6. The van der Waals surface area contributed by atoms with Crippen molar-refractivity contribution in [2.24, 2.45) is 0 Å². The van der Waals surface area contributed by atoms with E-state index in [1.807, 2.05) is 0 Å². The Hall–Kier alpha value is -0.440. The van der Waals surface area contributed by atoms with Crippen LogP contribution in [0.4, 0.5) is 4.79 Å². The number of ether oxygens (including phenoxy) is 1. The van der Waals surface area contributed by atoms with Crippen molar-refractivity contribution in [1.82, 2.24) is 5.32 Å². The molecular formula is C7H14ClNO2. The molecule has 0 radical (unpaired) electrons. The molecule has 0 aromatic heterocycles. The SMILES string of the molecule is CCCCCNC(=O)OCCl. The Morgan fingerprint density at radius 2 is 2.27 bits per heavy atom. The van der Waals surface area contributed by atoms with Gasteiger partial charge in [-0.25, -0.2) is 4.79 Å². The van der Waals surface area contributed by atoms with E-state index in [4.69, 9.17) is 11.6 Å². The maximum Gasteiger partial charge on any atom is 0.408 e. The van der Waals surface area contributed by atoms with Crippen LogP contribution in [0.5, 0.6) is 0 Å². The van der Waals surface area contributed by atoms with Gasteiger partial charge in [-0.3, -0.25) is 0 Å². The third-order valence-corrected chi connectivity index (χ3v) is 1.34. The van der Waals surface area contributed by atoms with Crippen LogP contribution >= 0.6 is 11.6 Å². The number of hydrogen-bond donors (Lipinski definition) is 1. The Bertz CT molecular complexity index is 109. The Kier molecular flexibility index (Phi) is 7.36. The van der Waals surface area contributed by atoms with Crippen LogP contribution in [0.1, 0.15) is 26.2 Å². The van der Waals surface area contributed by atoms with Crippen molar-refractivity contribution in [3.8, 4) is 0 Å². The fourth-order valence-electron chi connectivity index (χ4n) is 0.666. The molecule has 0 atom stereocenters. The summed E-state index contributed by atoms with van der Waals surface area (Å²) in [5.41, 5.74) is 0. The zero-order chi connectivity index (χ0) is 8.53. The maximum absolute atomic E-state index is 10.6. The summed E-state index contributed by atoms with van der Waals surface area (Å²) < 4.78 is 4.44. The number of carbonyl (C=O) groups is 1. The van der Waals surface area contributed by atoms with Gasteiger partial charge in [-0.05, 0) is 6.42 Å². The molecule has 0 bridgehead atoms. The molecule has 0 unspecified atom stereocenters. The van der Waals surface area contributed by atoms with Gasteiger partial charge in [0.25, 0.3) is 0 Å². The smallest absolute Gasteiger partial charge is 0.408 e. The molecule has 0 fully saturated rings. The summed E-state index contributed by atoms with van der Waals surface area (Å²) >= 11 is 5.15. The zero-order valence-corrected chi connectivity index (χ0v) is 7.49. The van der Waals surface area contributed by atoms with Crippen LogP contribution in [-0.4, -0.2) is 18.7 Å². The van der Waals surface area contributed by atoms with Crippen molar-refractivity contribution in [2.45, 2.75) is 26.2 Å². The van der Waals surface area contributed by atoms with E-state index in [0.717, 1.165) is 19.3 Å². The summed E-state index contributed by atoms with van der Waals surface area (Å²) in [6, 6.07) is -0.0837. The first-order valence-corrected chi connectivity index (χ1v) is 4.31. The molecule has 0 heterocycles. The van der Waals surface area contributed by atoms with Crippen molar-refractivity contribution in [2.75, 3.05) is 12.6 Å². The molecule has 0 rings (SSSR count). The van der Waals surface area contributed by atoms with Gasteiger partial charge < -0.3 is 10.1 Å². The Balaban J connectivity index is 3.04. The average molecular weight is 180 g/mol. The summed E-state index contributed by atoms with van der Waals surface area (Å²) in [4.78, 5) is 10.6. The summed E-state index contributed by atoms with van der Waals surface area (Å²) in [6.45, 7) is 2.78. The van der Waals surface area contributed by atoms with Crippen molar-refractivity contribution < 1.29 is 9.53 Å². The molecule has 1 amide bonds. The standard InChI is InChI=1S/C7H14ClNO2/c1-2-3-4-5-9-7(10)11-6-8/h2-6H2,1H3,(H,9,10). The number of alkyl halides is 1. The number of amides is 1. The molecule has 0 aliphatic rings. The second kappa shape index (κ2) is 7.66. The lowest BCUT2D eigenvalue weighted by atomic mass is 10.2. The van der Waals surface area contributed by atoms with E-state index in [9.17, 15) is 4.79 Å². The molecule has 3 nitrogen and oxygen atoms in total. The van der Waals surface area contributed by atoms with Crippen LogP contribution in [0.25, 0.3) is 0 Å². The number of hydrogen-bond acceptors (Lipinski definition) is 2. The van der Waals surface area contributed by atoms with Crippen LogP contribution < -0.4 is 5.32 Å². The van der Waals surface area contributed by atoms with Crippen LogP contribution in [0.2, 0.25) is 0 Å². The highest BCUT2D eigenvalue weighted by molar-refractivity contribution is 6.17. The Morgan fingerprint density at radius 1 is 1.55 bits per heavy atom. The van der Waals surface area contributed by atoms with Crippen molar-refractivity contribution in [3.63, 3.8) is 0 Å². The number of nitrogens with one attached hydrogen (secondary N) is 1. The number of halogens is 1. The van der Waals surface area contributed by atoms with Crippen LogP contribution in [0, 0.1) is 0 Å². The van der Waals surface area contributed by atoms with Crippen LogP contribution in [-0.2, 0) is 4.74 Å². The first kappa shape index (κ1) is 10.6. The minimum Gasteiger partial charge on any atom is -0.433 e. The molecule has 0 aromatic rings. The van der Waals surface area contributed by atoms with Gasteiger partial charge in [0.05, 0.1) is 0 Å². The van der Waals surface area contributed by atoms with Gasteiger partial charge >= 0.3 is 6.09 Å². The summed E-state index contributed by atoms with van der Waals surface area (Å²) in [6.07, 6.45) is 2.83. The fraction of sp³-hybridized carbons (Fsp3) is 0.857. The fourth-order valence-corrected chi connectivity index (χ4v) is 0.765. The van der Waals surface area contributed by atoms with E-state index >= 15 is 0 Å². The van der Waals surface area contributed by atoms with Gasteiger partial charge in [-0.1, -0.05) is 31.4 Å². The largest absolute Gasteiger partial charge is 0.433 e. The minimum absolute atomic E-state index is 0.0837. The highest BCUT2D eigenvalue weighted by atomic mass is 35.5. The third-order valence-electron chi connectivity index (χ3n) is 1.24. The molecule has 0 spiro atoms. The predicted molar refractivity (Wildman–Crippen MR) is 44.7 cm³/mol. The highest BCUT2D eigenvalue weighted by Crippen LogP contribution is 1.91. The van der Waals surface area contributed by atoms with Gasteiger partial charge in [-0.2, -0.15) is 0 Å². The third kappa shape index (κ3) is 7.46. The molecule has 0 aliphatic heterocycles. The van der Waals surface area contributed by atoms with Crippen molar-refractivity contribution >= 4 is 17.7 Å². The summed E-state index contributed by atoms with van der Waals surface area (Å²) in [5.74, 6) is 0. The quantitative estimate of drug-likeness (QED) is 0.519. The molecule has 11 heavy (non-hydrogen) atoms. The molecule has 4 heteroatoms. The summed E-state index contributed by atoms with van der Waals surface area (Å²) in [5, 5.41) is 2.57. The number of unbranched alkanes of at least 4 members (excludes halogenated alkanes) is 2. The molecule has 0 aromatic carbocycles. The topological polar surface area (TPSA) is 38.3 Å². The molecule has 0 saturated heterocycles. The van der Waals surface area contributed by atoms with E-state index in [2.05, 4.69) is 17.0 Å². The molecule has 66 valence electrons. The normalized spacial score (nSPS) is 9.27. The second-order valence-corrected chi connectivity index (χ2v) is 2.39. The monoisotopic (exact) mass is 179 g/mol. The van der Waals surface area contributed by atoms with E-state index < -0.39 is 6.09 Å². The lowest BCUT2D eigenvalue weighted by molar-refractivity contribution is 0.164. The molecule has 1 N–H and O–H groups in total. The van der Waals surface area contributed by atoms with Crippen molar-refractivity contribution in [3.05, 3.63) is 0 Å². The van der Waals surface area contributed by atoms with Gasteiger partial charge in [0, 0.05) is 6.54 Å². The Labute approximate surface area is 72.1 Å². The van der Waals surface area contributed by atoms with Crippen molar-refractivity contribution in [1.29, 1.82) is 0 Å². The zero-order valence-electron chi connectivity index (χ0n) is 6.73. The Morgan fingerprint density at radius 3 is 2.82 bits per heavy atom. The summed E-state index contributed by atoms with van der Waals surface area (Å²) in [7, 11) is 0. The first-order chi connectivity index (χ1) is 5.31. The predicted octanol–water partition coefficient (Wildman–Crippen LogP) is 2.10. The van der Waals surface area contributed by atoms with Gasteiger partial charge in [0.1, 0.15) is 0 Å². The minimum atomic E-state index is -0.434.